The standard InChI is InChI=1S/C17H27NO/c1-6-18-14-8-7-11-19-16-13(17(3,4)5)10-9-12(2)15(14)16/h9-10,14,18H,6-8,11H2,1-5H3. The SMILES string of the molecule is CCNC1CCCOc2c(C(C)(C)C)ccc(C)c21. The van der Waals surface area contributed by atoms with Crippen molar-refractivity contribution in [2.24, 2.45) is 0 Å². The molecule has 1 aliphatic heterocycles. The Morgan fingerprint density at radius 1 is 1.32 bits per heavy atom. The summed E-state index contributed by atoms with van der Waals surface area (Å²) in [5.74, 6) is 1.14. The Hall–Kier alpha value is -1.02. The number of hydrogen-bond acceptors (Lipinski definition) is 2. The molecule has 1 atom stereocenters. The Bertz CT molecular complexity index is 445. The molecule has 0 saturated heterocycles. The van der Waals surface area contributed by atoms with Crippen molar-refractivity contribution in [2.75, 3.05) is 13.2 Å². The minimum absolute atomic E-state index is 0.124. The maximum atomic E-state index is 6.12. The molecule has 0 aromatic heterocycles. The second-order valence-electron chi connectivity index (χ2n) is 6.52. The Morgan fingerprint density at radius 3 is 2.68 bits per heavy atom. The molecular weight excluding hydrogens is 234 g/mol. The van der Waals surface area contributed by atoms with E-state index in [0.29, 0.717) is 6.04 Å². The number of benzene rings is 1. The van der Waals surface area contributed by atoms with Crippen LogP contribution in [0, 0.1) is 6.92 Å². The third kappa shape index (κ3) is 2.94. The summed E-state index contributed by atoms with van der Waals surface area (Å²) < 4.78 is 6.12. The molecule has 19 heavy (non-hydrogen) atoms. The van der Waals surface area contributed by atoms with E-state index < -0.39 is 0 Å². The summed E-state index contributed by atoms with van der Waals surface area (Å²) in [5, 5.41) is 3.62. The summed E-state index contributed by atoms with van der Waals surface area (Å²) in [6.45, 7) is 13.0. The van der Waals surface area contributed by atoms with Crippen molar-refractivity contribution in [2.45, 2.75) is 58.9 Å². The van der Waals surface area contributed by atoms with Gasteiger partial charge in [0.1, 0.15) is 5.75 Å². The molecule has 0 fully saturated rings. The summed E-state index contributed by atoms with van der Waals surface area (Å²) in [6.07, 6.45) is 2.28. The van der Waals surface area contributed by atoms with E-state index in [1.807, 2.05) is 0 Å². The summed E-state index contributed by atoms with van der Waals surface area (Å²) >= 11 is 0. The Kier molecular flexibility index (Phi) is 4.19. The molecule has 2 rings (SSSR count). The van der Waals surface area contributed by atoms with E-state index in [0.717, 1.165) is 31.7 Å². The third-order valence-corrected chi connectivity index (χ3v) is 3.90. The third-order valence-electron chi connectivity index (χ3n) is 3.90. The molecule has 106 valence electrons. The van der Waals surface area contributed by atoms with Crippen LogP contribution in [0.25, 0.3) is 0 Å². The predicted octanol–water partition coefficient (Wildman–Crippen LogP) is 4.12. The lowest BCUT2D eigenvalue weighted by Crippen LogP contribution is -2.22. The van der Waals surface area contributed by atoms with Gasteiger partial charge in [-0.2, -0.15) is 0 Å². The van der Waals surface area contributed by atoms with Crippen molar-refractivity contribution in [3.8, 4) is 5.75 Å². The van der Waals surface area contributed by atoms with Gasteiger partial charge >= 0.3 is 0 Å². The first kappa shape index (κ1) is 14.4. The van der Waals surface area contributed by atoms with Gasteiger partial charge in [-0.1, -0.05) is 39.8 Å². The molecule has 2 nitrogen and oxygen atoms in total. The molecule has 1 aliphatic rings. The highest BCUT2D eigenvalue weighted by Gasteiger charge is 2.27. The van der Waals surface area contributed by atoms with E-state index >= 15 is 0 Å². The first-order chi connectivity index (χ1) is 8.95. The van der Waals surface area contributed by atoms with E-state index in [1.54, 1.807) is 0 Å². The highest BCUT2D eigenvalue weighted by Crippen LogP contribution is 2.41. The Morgan fingerprint density at radius 2 is 2.05 bits per heavy atom. The van der Waals surface area contributed by atoms with Crippen molar-refractivity contribution in [1.82, 2.24) is 5.32 Å². The minimum Gasteiger partial charge on any atom is -0.493 e. The number of hydrogen-bond donors (Lipinski definition) is 1. The van der Waals surface area contributed by atoms with Crippen molar-refractivity contribution in [1.29, 1.82) is 0 Å². The maximum absolute atomic E-state index is 6.12. The van der Waals surface area contributed by atoms with E-state index in [9.17, 15) is 0 Å². The van der Waals surface area contributed by atoms with Crippen LogP contribution in [0.4, 0.5) is 0 Å². The van der Waals surface area contributed by atoms with Gasteiger partial charge in [-0.05, 0) is 42.9 Å². The lowest BCUT2D eigenvalue weighted by molar-refractivity contribution is 0.307. The number of nitrogens with one attached hydrogen (secondary N) is 1. The van der Waals surface area contributed by atoms with Gasteiger partial charge in [-0.25, -0.2) is 0 Å². The molecule has 0 saturated carbocycles. The fourth-order valence-corrected chi connectivity index (χ4v) is 2.93. The zero-order valence-corrected chi connectivity index (χ0v) is 13.0. The van der Waals surface area contributed by atoms with Gasteiger partial charge in [0, 0.05) is 11.6 Å². The quantitative estimate of drug-likeness (QED) is 0.865. The highest BCUT2D eigenvalue weighted by atomic mass is 16.5. The number of rotatable bonds is 2. The van der Waals surface area contributed by atoms with Crippen LogP contribution in [0.3, 0.4) is 0 Å². The largest absolute Gasteiger partial charge is 0.493 e. The van der Waals surface area contributed by atoms with Crippen molar-refractivity contribution in [3.63, 3.8) is 0 Å². The van der Waals surface area contributed by atoms with Gasteiger partial charge in [-0.3, -0.25) is 0 Å². The van der Waals surface area contributed by atoms with Crippen LogP contribution in [0.5, 0.6) is 5.75 Å². The number of aryl methyl sites for hydroxylation is 1. The second kappa shape index (κ2) is 5.54. The smallest absolute Gasteiger partial charge is 0.128 e. The van der Waals surface area contributed by atoms with Crippen molar-refractivity contribution in [3.05, 3.63) is 28.8 Å². The fourth-order valence-electron chi connectivity index (χ4n) is 2.93. The molecule has 0 amide bonds. The topological polar surface area (TPSA) is 21.3 Å². The van der Waals surface area contributed by atoms with Crippen LogP contribution in [0.15, 0.2) is 12.1 Å². The molecule has 0 spiro atoms. The summed E-state index contributed by atoms with van der Waals surface area (Å²) in [4.78, 5) is 0. The lowest BCUT2D eigenvalue weighted by atomic mass is 9.82. The average molecular weight is 261 g/mol. The number of fused-ring (bicyclic) bond motifs is 1. The van der Waals surface area contributed by atoms with E-state index in [2.05, 4.69) is 52.1 Å². The van der Waals surface area contributed by atoms with Gasteiger partial charge in [0.2, 0.25) is 0 Å². The molecule has 1 unspecified atom stereocenters. The first-order valence-corrected chi connectivity index (χ1v) is 7.45. The molecule has 1 aromatic rings. The van der Waals surface area contributed by atoms with Crippen molar-refractivity contribution >= 4 is 0 Å². The monoisotopic (exact) mass is 261 g/mol. The molecule has 1 N–H and O–H groups in total. The lowest BCUT2D eigenvalue weighted by Gasteiger charge is -2.27. The average Bonchev–Trinajstić information content (AvgIpc) is 2.52. The first-order valence-electron chi connectivity index (χ1n) is 7.45. The highest BCUT2D eigenvalue weighted by molar-refractivity contribution is 5.51. The zero-order chi connectivity index (χ0) is 14.0. The van der Waals surface area contributed by atoms with Gasteiger partial charge in [-0.15, -0.1) is 0 Å². The molecular formula is C17H27NO. The molecule has 1 heterocycles. The number of ether oxygens (including phenoxy) is 1. The molecule has 0 bridgehead atoms. The van der Waals surface area contributed by atoms with Crippen LogP contribution in [-0.2, 0) is 5.41 Å². The van der Waals surface area contributed by atoms with E-state index in [-0.39, 0.29) is 5.41 Å². The van der Waals surface area contributed by atoms with Crippen LogP contribution >= 0.6 is 0 Å². The van der Waals surface area contributed by atoms with Crippen LogP contribution < -0.4 is 10.1 Å². The van der Waals surface area contributed by atoms with Crippen LogP contribution in [0.2, 0.25) is 0 Å². The molecule has 0 aliphatic carbocycles. The predicted molar refractivity (Wildman–Crippen MR) is 81.0 cm³/mol. The maximum Gasteiger partial charge on any atom is 0.128 e. The fraction of sp³-hybridized carbons (Fsp3) is 0.647. The molecule has 2 heteroatoms. The van der Waals surface area contributed by atoms with Gasteiger partial charge in [0.05, 0.1) is 6.61 Å². The molecule has 1 aromatic carbocycles. The van der Waals surface area contributed by atoms with Gasteiger partial charge < -0.3 is 10.1 Å². The summed E-state index contributed by atoms with van der Waals surface area (Å²) in [5.41, 5.74) is 4.18. The Balaban J connectivity index is 2.57. The summed E-state index contributed by atoms with van der Waals surface area (Å²) in [7, 11) is 0. The van der Waals surface area contributed by atoms with Gasteiger partial charge in [0.25, 0.3) is 0 Å². The second-order valence-corrected chi connectivity index (χ2v) is 6.52. The molecule has 0 radical (unpaired) electrons. The zero-order valence-electron chi connectivity index (χ0n) is 13.0. The van der Waals surface area contributed by atoms with Crippen LogP contribution in [-0.4, -0.2) is 13.2 Å². The summed E-state index contributed by atoms with van der Waals surface area (Å²) in [6, 6.07) is 4.92. The Labute approximate surface area is 117 Å². The minimum atomic E-state index is 0.124. The van der Waals surface area contributed by atoms with Gasteiger partial charge in [0.15, 0.2) is 0 Å². The van der Waals surface area contributed by atoms with E-state index in [1.165, 1.54) is 16.7 Å². The normalized spacial score (nSPS) is 19.5. The van der Waals surface area contributed by atoms with Crippen molar-refractivity contribution < 1.29 is 4.74 Å². The van der Waals surface area contributed by atoms with E-state index in [4.69, 9.17) is 4.74 Å². The van der Waals surface area contributed by atoms with Crippen LogP contribution in [0.1, 0.15) is 63.3 Å².